The lowest BCUT2D eigenvalue weighted by Crippen LogP contribution is -2.11. The number of aromatic nitrogens is 4. The molecular formula is C11H12ClN5O2. The van der Waals surface area contributed by atoms with Crippen molar-refractivity contribution < 1.29 is 9.53 Å². The summed E-state index contributed by atoms with van der Waals surface area (Å²) in [5.74, 6) is 0.00389. The van der Waals surface area contributed by atoms with Gasteiger partial charge in [0.15, 0.2) is 11.5 Å². The van der Waals surface area contributed by atoms with Crippen LogP contribution in [-0.4, -0.2) is 32.3 Å². The number of anilines is 2. The van der Waals surface area contributed by atoms with Crippen LogP contribution >= 0.6 is 11.6 Å². The normalized spacial score (nSPS) is 10.3. The molecule has 2 rings (SSSR count). The Kier molecular flexibility index (Phi) is 3.96. The van der Waals surface area contributed by atoms with Crippen molar-refractivity contribution >= 4 is 29.1 Å². The summed E-state index contributed by atoms with van der Waals surface area (Å²) >= 11 is 5.69. The number of carbonyl (C=O) groups is 1. The summed E-state index contributed by atoms with van der Waals surface area (Å²) in [7, 11) is 1.79. The Morgan fingerprint density at radius 1 is 1.58 bits per heavy atom. The molecule has 0 bridgehead atoms. The third-order valence-corrected chi connectivity index (χ3v) is 2.39. The van der Waals surface area contributed by atoms with Crippen molar-refractivity contribution in [3.63, 3.8) is 0 Å². The third-order valence-electron chi connectivity index (χ3n) is 2.20. The fraction of sp³-hybridized carbons (Fsp3) is 0.273. The molecule has 0 fully saturated rings. The molecule has 2 aromatic heterocycles. The van der Waals surface area contributed by atoms with Gasteiger partial charge in [-0.2, -0.15) is 5.10 Å². The van der Waals surface area contributed by atoms with Crippen molar-refractivity contribution in [3.05, 3.63) is 29.4 Å². The van der Waals surface area contributed by atoms with Gasteiger partial charge in [-0.05, 0) is 18.5 Å². The number of nitrogens with zero attached hydrogens (tertiary/aromatic N) is 4. The average molecular weight is 282 g/mol. The Morgan fingerprint density at radius 2 is 2.37 bits per heavy atom. The van der Waals surface area contributed by atoms with Gasteiger partial charge in [0.25, 0.3) is 0 Å². The minimum absolute atomic E-state index is 0.0189. The predicted molar refractivity (Wildman–Crippen MR) is 69.5 cm³/mol. The second-order valence-corrected chi connectivity index (χ2v) is 3.96. The number of nitrogens with one attached hydrogen (secondary N) is 1. The van der Waals surface area contributed by atoms with Crippen LogP contribution in [0.1, 0.15) is 17.4 Å². The van der Waals surface area contributed by atoms with Crippen LogP contribution in [0.3, 0.4) is 0 Å². The molecule has 2 aromatic rings. The lowest BCUT2D eigenvalue weighted by Gasteiger charge is -2.08. The number of hydrogen-bond donors (Lipinski definition) is 1. The Bertz CT molecular complexity index is 599. The van der Waals surface area contributed by atoms with E-state index in [4.69, 9.17) is 16.3 Å². The zero-order valence-electron chi connectivity index (χ0n) is 10.4. The van der Waals surface area contributed by atoms with Crippen LogP contribution in [0.2, 0.25) is 5.28 Å². The zero-order chi connectivity index (χ0) is 13.8. The fourth-order valence-electron chi connectivity index (χ4n) is 1.43. The molecule has 0 saturated carbocycles. The van der Waals surface area contributed by atoms with Crippen LogP contribution in [0.4, 0.5) is 11.5 Å². The number of halogens is 1. The topological polar surface area (TPSA) is 81.9 Å². The molecular weight excluding hydrogens is 270 g/mol. The smallest absolute Gasteiger partial charge is 0.359 e. The minimum Gasteiger partial charge on any atom is -0.461 e. The first-order valence-electron chi connectivity index (χ1n) is 5.56. The fourth-order valence-corrected chi connectivity index (χ4v) is 1.56. The summed E-state index contributed by atoms with van der Waals surface area (Å²) in [4.78, 5) is 19.5. The van der Waals surface area contributed by atoms with Crippen LogP contribution in [0.15, 0.2) is 18.5 Å². The van der Waals surface area contributed by atoms with Crippen LogP contribution in [-0.2, 0) is 11.8 Å². The molecule has 0 saturated heterocycles. The molecule has 0 aromatic carbocycles. The second kappa shape index (κ2) is 5.66. The van der Waals surface area contributed by atoms with E-state index in [1.54, 1.807) is 30.9 Å². The number of hydrogen-bond acceptors (Lipinski definition) is 6. The lowest BCUT2D eigenvalue weighted by atomic mass is 10.3. The van der Waals surface area contributed by atoms with Crippen LogP contribution in [0, 0.1) is 0 Å². The largest absolute Gasteiger partial charge is 0.461 e. The van der Waals surface area contributed by atoms with Crippen LogP contribution in [0.5, 0.6) is 0 Å². The maximum atomic E-state index is 11.8. The molecule has 0 spiro atoms. The molecule has 0 unspecified atom stereocenters. The van der Waals surface area contributed by atoms with Crippen molar-refractivity contribution in [1.82, 2.24) is 19.7 Å². The Morgan fingerprint density at radius 3 is 3.00 bits per heavy atom. The molecule has 8 heteroatoms. The number of ether oxygens (including phenoxy) is 1. The van der Waals surface area contributed by atoms with Crippen LogP contribution < -0.4 is 5.32 Å². The summed E-state index contributed by atoms with van der Waals surface area (Å²) in [5.41, 5.74) is 0.467. The van der Waals surface area contributed by atoms with Crippen molar-refractivity contribution in [2.45, 2.75) is 6.92 Å². The first-order valence-corrected chi connectivity index (χ1v) is 5.94. The molecule has 100 valence electrons. The lowest BCUT2D eigenvalue weighted by molar-refractivity contribution is 0.0520. The van der Waals surface area contributed by atoms with E-state index in [1.165, 1.54) is 6.20 Å². The maximum Gasteiger partial charge on any atom is 0.359 e. The monoisotopic (exact) mass is 281 g/mol. The van der Waals surface area contributed by atoms with E-state index in [9.17, 15) is 4.79 Å². The van der Waals surface area contributed by atoms with Crippen molar-refractivity contribution in [3.8, 4) is 0 Å². The highest BCUT2D eigenvalue weighted by atomic mass is 35.5. The molecule has 19 heavy (non-hydrogen) atoms. The van der Waals surface area contributed by atoms with Crippen molar-refractivity contribution in [2.24, 2.45) is 7.05 Å². The van der Waals surface area contributed by atoms with Gasteiger partial charge in [-0.1, -0.05) is 0 Å². The summed E-state index contributed by atoms with van der Waals surface area (Å²) < 4.78 is 6.54. The van der Waals surface area contributed by atoms with E-state index in [1.807, 2.05) is 0 Å². The van der Waals surface area contributed by atoms with Gasteiger partial charge in [-0.25, -0.2) is 14.8 Å². The van der Waals surface area contributed by atoms with E-state index in [0.717, 1.165) is 0 Å². The standard InChI is InChI=1S/C11H12ClN5O2/c1-3-19-10(18)9-7(6-13-11(12)15-9)14-8-4-5-17(2)16-8/h4-6H,3H2,1-2H3,(H,14,16). The highest BCUT2D eigenvalue weighted by Crippen LogP contribution is 2.19. The number of aryl methyl sites for hydroxylation is 1. The van der Waals surface area contributed by atoms with E-state index >= 15 is 0 Å². The third kappa shape index (κ3) is 3.19. The Labute approximate surface area is 114 Å². The molecule has 0 aliphatic carbocycles. The van der Waals surface area contributed by atoms with E-state index in [-0.39, 0.29) is 17.6 Å². The van der Waals surface area contributed by atoms with Gasteiger partial charge in [0.05, 0.1) is 18.5 Å². The maximum absolute atomic E-state index is 11.8. The summed E-state index contributed by atoms with van der Waals surface area (Å²) in [6.45, 7) is 1.97. The van der Waals surface area contributed by atoms with Gasteiger partial charge < -0.3 is 10.1 Å². The molecule has 2 heterocycles. The first kappa shape index (κ1) is 13.3. The van der Waals surface area contributed by atoms with E-state index in [2.05, 4.69) is 20.4 Å². The van der Waals surface area contributed by atoms with Gasteiger partial charge in [0.2, 0.25) is 5.28 Å². The Hall–Kier alpha value is -2.15. The quantitative estimate of drug-likeness (QED) is 0.679. The molecule has 0 aliphatic heterocycles. The first-order chi connectivity index (χ1) is 9.10. The molecule has 7 nitrogen and oxygen atoms in total. The van der Waals surface area contributed by atoms with E-state index in [0.29, 0.717) is 11.5 Å². The number of carbonyl (C=O) groups excluding carboxylic acids is 1. The number of rotatable bonds is 4. The Balaban J connectivity index is 2.31. The van der Waals surface area contributed by atoms with Gasteiger partial charge >= 0.3 is 5.97 Å². The van der Waals surface area contributed by atoms with Crippen molar-refractivity contribution in [2.75, 3.05) is 11.9 Å². The summed E-state index contributed by atoms with van der Waals surface area (Å²) in [6, 6.07) is 1.75. The summed E-state index contributed by atoms with van der Waals surface area (Å²) in [5, 5.41) is 7.06. The SMILES string of the molecule is CCOC(=O)c1nc(Cl)ncc1Nc1ccn(C)n1. The second-order valence-electron chi connectivity index (χ2n) is 3.62. The van der Waals surface area contributed by atoms with Crippen molar-refractivity contribution in [1.29, 1.82) is 0 Å². The highest BCUT2D eigenvalue weighted by Gasteiger charge is 2.16. The van der Waals surface area contributed by atoms with Gasteiger partial charge in [-0.3, -0.25) is 4.68 Å². The van der Waals surface area contributed by atoms with Gasteiger partial charge in [0.1, 0.15) is 0 Å². The predicted octanol–water partition coefficient (Wildman–Crippen LogP) is 1.78. The van der Waals surface area contributed by atoms with Crippen LogP contribution in [0.25, 0.3) is 0 Å². The van der Waals surface area contributed by atoms with Gasteiger partial charge in [0, 0.05) is 19.3 Å². The van der Waals surface area contributed by atoms with E-state index < -0.39 is 5.97 Å². The number of esters is 1. The zero-order valence-corrected chi connectivity index (χ0v) is 11.2. The molecule has 0 aliphatic rings. The molecule has 0 atom stereocenters. The molecule has 1 N–H and O–H groups in total. The summed E-state index contributed by atoms with van der Waals surface area (Å²) in [6.07, 6.45) is 3.18. The average Bonchev–Trinajstić information content (AvgIpc) is 2.77. The molecule has 0 radical (unpaired) electrons. The minimum atomic E-state index is -0.565. The highest BCUT2D eigenvalue weighted by molar-refractivity contribution is 6.28. The molecule has 0 amide bonds. The van der Waals surface area contributed by atoms with Gasteiger partial charge in [-0.15, -0.1) is 0 Å².